The van der Waals surface area contributed by atoms with E-state index in [4.69, 9.17) is 109 Å². The van der Waals surface area contributed by atoms with Crippen LogP contribution in [0, 0.1) is 63.1 Å². The first-order chi connectivity index (χ1) is 47.1. The van der Waals surface area contributed by atoms with Gasteiger partial charge in [-0.2, -0.15) is 21.0 Å². The summed E-state index contributed by atoms with van der Waals surface area (Å²) in [6.07, 6.45) is -2.16. The smallest absolute Gasteiger partial charge is 0.344 e. The maximum atomic E-state index is 11.3. The lowest BCUT2D eigenvalue weighted by atomic mass is 9.96. The molecule has 0 spiro atoms. The third-order valence-electron chi connectivity index (χ3n) is 16.0. The van der Waals surface area contributed by atoms with Crippen molar-refractivity contribution >= 4 is 20.0 Å². The molecule has 26 nitrogen and oxygen atoms in total. The number of nitriles is 4. The monoisotopic (exact) mass is 1440 g/mol. The van der Waals surface area contributed by atoms with Crippen LogP contribution in [0.5, 0.6) is 0 Å². The third kappa shape index (κ3) is 34.9. The molecule has 5 aliphatic rings. The van der Waals surface area contributed by atoms with Crippen molar-refractivity contribution in [1.82, 2.24) is 0 Å². The summed E-state index contributed by atoms with van der Waals surface area (Å²) in [6, 6.07) is 38.2. The number of hydrogen-bond acceptors (Lipinski definition) is 26. The van der Waals surface area contributed by atoms with Gasteiger partial charge in [0, 0.05) is 51.4 Å². The average molecular weight is 1440 g/mol. The highest BCUT2D eigenvalue weighted by Crippen LogP contribution is 2.47. The van der Waals surface area contributed by atoms with Gasteiger partial charge in [0.15, 0.2) is 25.2 Å². The van der Waals surface area contributed by atoms with Crippen molar-refractivity contribution in [1.29, 1.82) is 21.0 Å². The lowest BCUT2D eigenvalue weighted by Gasteiger charge is -2.20. The van der Waals surface area contributed by atoms with Crippen molar-refractivity contribution in [3.63, 3.8) is 0 Å². The highest BCUT2D eigenvalue weighted by atomic mass is 35.5. The van der Waals surface area contributed by atoms with E-state index in [0.717, 1.165) is 49.7 Å². The molecule has 0 amide bonds. The number of unbranched alkanes of at least 4 members (excludes halogenated alkanes) is 3. The third-order valence-corrected chi connectivity index (χ3v) is 17.9. The zero-order valence-electron chi connectivity index (χ0n) is 59.4. The van der Waals surface area contributed by atoms with Gasteiger partial charge in [-0.25, -0.2) is 0 Å². The normalized spacial score (nSPS) is 29.1. The van der Waals surface area contributed by atoms with Gasteiger partial charge in [-0.05, 0) is 62.6 Å². The van der Waals surface area contributed by atoms with Gasteiger partial charge in [0.05, 0.1) is 107 Å². The van der Waals surface area contributed by atoms with Crippen LogP contribution in [-0.2, 0) is 80.8 Å². The van der Waals surface area contributed by atoms with Crippen molar-refractivity contribution in [3.8, 4) is 24.3 Å². The summed E-state index contributed by atoms with van der Waals surface area (Å²) in [5.74, 6) is 0.939. The van der Waals surface area contributed by atoms with Crippen LogP contribution in [0.1, 0.15) is 137 Å². The first-order valence-electron chi connectivity index (χ1n) is 33.7. The molecule has 0 aromatic heterocycles. The van der Waals surface area contributed by atoms with Crippen LogP contribution in [0.3, 0.4) is 0 Å². The molecule has 3 aromatic rings. The number of hydrogen-bond donors (Lipinski definition) is 9. The highest BCUT2D eigenvalue weighted by Gasteiger charge is 2.45. The van der Waals surface area contributed by atoms with Crippen molar-refractivity contribution in [2.45, 2.75) is 244 Å². The van der Waals surface area contributed by atoms with Gasteiger partial charge in [0.25, 0.3) is 0 Å². The summed E-state index contributed by atoms with van der Waals surface area (Å²) in [5, 5.41) is 113. The minimum absolute atomic E-state index is 0. The zero-order valence-corrected chi connectivity index (χ0v) is 61.1. The molecule has 20 atom stereocenters. The minimum atomic E-state index is -3.08. The van der Waals surface area contributed by atoms with E-state index in [9.17, 15) is 9.67 Å². The van der Waals surface area contributed by atoms with Gasteiger partial charge in [-0.3, -0.25) is 4.57 Å². The summed E-state index contributed by atoms with van der Waals surface area (Å²) in [5.41, 5.74) is 3.46. The standard InChI is InChI=1S/C16H21NO2.C15H22O3.C14H20O3.C6H12NO3P.C6H12O5.C5H9N.C5H10O5.C4H7NO.ClH/c1-3-14-12(2)16(15(19-14)9-10-17)18-11-13-7-5-4-6-8-13;1-4-13-11(2)14(15(16-3)18-13)17-10-12-8-6-5-7-9-12;1-3-12-10(2)13(14(15)17-12)16-9-11-7-5-4-6-8-11;1-3-9-11(8,6-5-7)10-4-2;1-10-6-5(9)4(8)3(2-7)11-6;1-2-3-4-5-6;6-1-2-3(7)4(8)5(9)10-2;5-3-1-2-4-6;/h4-8,12,14-16H,3,9,11H2,1-2H3;5-9,11,13-15H,4,10H2,1-3H3;4-8,10,12-15H,3,9H2,1-2H3;3-4,6H2,1-2H3;3-9H,2H2,1H3;2-4H2,1H3;2-9H,1H2;6H,1-2,4H2;1H/t12-,14-,15?,16-;11-,13-,14-,15?;10-,12-,13-,14?;;3-,4-,5-,6?;;2-,3-,4-,5?;;/m111.1.1../s1. The number of ether oxygens (including phenoxy) is 10. The van der Waals surface area contributed by atoms with E-state index in [1.807, 2.05) is 72.8 Å². The molecule has 8 rings (SSSR count). The molecule has 5 heterocycles. The maximum Gasteiger partial charge on any atom is 0.344 e. The molecule has 28 heteroatoms. The number of benzene rings is 3. The molecule has 0 saturated carbocycles. The molecule has 5 fully saturated rings. The fourth-order valence-corrected chi connectivity index (χ4v) is 11.7. The molecule has 5 aliphatic heterocycles. The molecule has 0 bridgehead atoms. The Labute approximate surface area is 593 Å². The Hall–Kier alpha value is -4.70. The maximum absolute atomic E-state index is 11.3. The first kappa shape index (κ1) is 94.3. The summed E-state index contributed by atoms with van der Waals surface area (Å²) in [7, 11) is -0.0441. The van der Waals surface area contributed by atoms with Crippen molar-refractivity contribution in [2.75, 3.05) is 53.4 Å². The molecule has 3 aromatic carbocycles. The van der Waals surface area contributed by atoms with Gasteiger partial charge < -0.3 is 102 Å². The van der Waals surface area contributed by atoms with Gasteiger partial charge in [-0.1, -0.05) is 146 Å². The van der Waals surface area contributed by atoms with E-state index in [1.165, 1.54) is 12.7 Å². The lowest BCUT2D eigenvalue weighted by molar-refractivity contribution is -0.164. The predicted molar refractivity (Wildman–Crippen MR) is 369 cm³/mol. The first-order valence-corrected chi connectivity index (χ1v) is 35.4. The summed E-state index contributed by atoms with van der Waals surface area (Å²) in [4.78, 5) is 0. The van der Waals surface area contributed by atoms with Crippen LogP contribution in [0.2, 0.25) is 0 Å². The fraction of sp³-hybridized carbons (Fsp3) is 0.690. The number of rotatable bonds is 26. The van der Waals surface area contributed by atoms with Crippen LogP contribution in [0.15, 0.2) is 91.0 Å². The number of aliphatic hydroxyl groups is 9. The Morgan fingerprint density at radius 2 is 0.848 bits per heavy atom. The van der Waals surface area contributed by atoms with Crippen LogP contribution in [0.4, 0.5) is 0 Å². The molecule has 0 aliphatic carbocycles. The summed E-state index contributed by atoms with van der Waals surface area (Å²) in [6.45, 7) is 19.9. The van der Waals surface area contributed by atoms with Crippen LogP contribution >= 0.6 is 20.0 Å². The van der Waals surface area contributed by atoms with Crippen LogP contribution < -0.4 is 0 Å². The molecular formula is C71H114ClN4O22P. The fourth-order valence-electron chi connectivity index (χ4n) is 10.5. The second kappa shape index (κ2) is 55.8. The number of nitrogens with zero attached hydrogens (tertiary/aromatic N) is 4. The molecular weight excluding hydrogens is 1330 g/mol. The van der Waals surface area contributed by atoms with Gasteiger partial charge in [0.2, 0.25) is 0 Å². The van der Waals surface area contributed by atoms with Crippen LogP contribution in [0.25, 0.3) is 0 Å². The Morgan fingerprint density at radius 1 is 0.455 bits per heavy atom. The number of halogens is 1. The second-order valence-electron chi connectivity index (χ2n) is 23.2. The van der Waals surface area contributed by atoms with Crippen LogP contribution in [-0.4, -0.2) is 204 Å². The van der Waals surface area contributed by atoms with Crippen molar-refractivity contribution < 1.29 is 107 Å². The molecule has 99 heavy (non-hydrogen) atoms. The Bertz CT molecular complexity index is 2640. The summed E-state index contributed by atoms with van der Waals surface area (Å²) >= 11 is 0. The van der Waals surface area contributed by atoms with E-state index in [2.05, 4.69) is 94.3 Å². The second-order valence-corrected chi connectivity index (χ2v) is 25.2. The van der Waals surface area contributed by atoms with Crippen molar-refractivity contribution in [3.05, 3.63) is 108 Å². The lowest BCUT2D eigenvalue weighted by Crippen LogP contribution is -2.34. The Balaban J connectivity index is 0.00000114. The summed E-state index contributed by atoms with van der Waals surface area (Å²) < 4.78 is 75.5. The van der Waals surface area contributed by atoms with Gasteiger partial charge in [0.1, 0.15) is 55.0 Å². The van der Waals surface area contributed by atoms with E-state index in [0.29, 0.717) is 64.1 Å². The Kier molecular flexibility index (Phi) is 53.2. The van der Waals surface area contributed by atoms with Crippen molar-refractivity contribution in [2.24, 2.45) is 17.8 Å². The zero-order chi connectivity index (χ0) is 73.4. The van der Waals surface area contributed by atoms with E-state index < -0.39 is 69.7 Å². The molecule has 5 saturated heterocycles. The number of aliphatic hydroxyl groups excluding tert-OH is 9. The number of methoxy groups -OCH3 is 2. The van der Waals surface area contributed by atoms with Gasteiger partial charge in [-0.15, -0.1) is 12.4 Å². The van der Waals surface area contributed by atoms with E-state index in [-0.39, 0.29) is 86.7 Å². The van der Waals surface area contributed by atoms with E-state index in [1.54, 1.807) is 27.0 Å². The minimum Gasteiger partial charge on any atom is -0.396 e. The molecule has 9 N–H and O–H groups in total. The van der Waals surface area contributed by atoms with E-state index >= 15 is 0 Å². The molecule has 0 radical (unpaired) electrons. The SMILES string of the molecule is CCCCC#N.CCOP(=O)(CC#N)OCC.CC[C@H]1OC(CC#N)[C@H](OCc2ccccc2)[C@@H]1C.CC[C@H]1OC(O)[C@H](OCc2ccccc2)[C@@H]1C.CC[C@H]1OC(OC)[C@H](OCc2ccccc2)[C@@H]1C.COC1O[C@H](CO)[C@@H](O)[C@H]1O.Cl.N#CCCCO.OC[C@H]1OC(O)[C@H](O)[C@@H]1O. The average Bonchev–Trinajstić information content (AvgIpc) is 1.75. The topological polar surface area (TPSA) is 405 Å². The largest absolute Gasteiger partial charge is 0.396 e. The molecule has 562 valence electrons. The Morgan fingerprint density at radius 3 is 1.18 bits per heavy atom. The highest BCUT2D eigenvalue weighted by molar-refractivity contribution is 7.54. The predicted octanol–water partition coefficient (Wildman–Crippen LogP) is 8.29. The van der Waals surface area contributed by atoms with Gasteiger partial charge >= 0.3 is 7.60 Å². The quantitative estimate of drug-likeness (QED) is 0.0269. The molecule has 5 unspecified atom stereocenters.